The first kappa shape index (κ1) is 16.8. The molecule has 138 valence electrons. The van der Waals surface area contributed by atoms with Gasteiger partial charge in [-0.15, -0.1) is 0 Å². The molecule has 3 heterocycles. The van der Waals surface area contributed by atoms with Crippen LogP contribution in [0.4, 0.5) is 0 Å². The van der Waals surface area contributed by atoms with Crippen LogP contribution in [0.3, 0.4) is 0 Å². The van der Waals surface area contributed by atoms with Crippen molar-refractivity contribution in [3.05, 3.63) is 76.2 Å². The number of piperazine rings is 1. The van der Waals surface area contributed by atoms with Gasteiger partial charge in [0.1, 0.15) is 5.84 Å². The largest absolute Gasteiger partial charge is 0.368 e. The summed E-state index contributed by atoms with van der Waals surface area (Å²) in [6, 6.07) is 7.96. The minimum Gasteiger partial charge on any atom is -0.368 e. The van der Waals surface area contributed by atoms with Gasteiger partial charge in [-0.2, -0.15) is 0 Å². The molecule has 0 atom stereocenters. The molecule has 0 bridgehead atoms. The molecular formula is C22H23ClN4. The van der Waals surface area contributed by atoms with Gasteiger partial charge in [-0.1, -0.05) is 23.7 Å². The van der Waals surface area contributed by atoms with E-state index in [1.165, 1.54) is 36.2 Å². The third-order valence-electron chi connectivity index (χ3n) is 5.60. The second-order valence-electron chi connectivity index (χ2n) is 7.35. The molecule has 5 heteroatoms. The van der Waals surface area contributed by atoms with E-state index in [4.69, 9.17) is 16.6 Å². The third-order valence-corrected chi connectivity index (χ3v) is 5.84. The average Bonchev–Trinajstić information content (AvgIpc) is 2.67. The second-order valence-corrected chi connectivity index (χ2v) is 7.78. The lowest BCUT2D eigenvalue weighted by Crippen LogP contribution is -2.44. The van der Waals surface area contributed by atoms with Gasteiger partial charge in [0.15, 0.2) is 0 Å². The zero-order chi connectivity index (χ0) is 18.2. The lowest BCUT2D eigenvalue weighted by Gasteiger charge is -2.37. The molecule has 0 amide bonds. The quantitative estimate of drug-likeness (QED) is 0.838. The lowest BCUT2D eigenvalue weighted by molar-refractivity contribution is 0.303. The van der Waals surface area contributed by atoms with Crippen molar-refractivity contribution in [1.29, 1.82) is 0 Å². The summed E-state index contributed by atoms with van der Waals surface area (Å²) in [5, 5.41) is 4.17. The number of rotatable bonds is 2. The van der Waals surface area contributed by atoms with Gasteiger partial charge in [-0.25, -0.2) is 4.99 Å². The molecule has 27 heavy (non-hydrogen) atoms. The summed E-state index contributed by atoms with van der Waals surface area (Å²) in [5.41, 5.74) is 6.14. The van der Waals surface area contributed by atoms with Crippen molar-refractivity contribution in [2.45, 2.75) is 19.3 Å². The van der Waals surface area contributed by atoms with Crippen LogP contribution in [0.2, 0.25) is 5.02 Å². The second kappa shape index (κ2) is 7.02. The lowest BCUT2D eigenvalue weighted by atomic mass is 9.89. The van der Waals surface area contributed by atoms with Crippen LogP contribution < -0.4 is 5.32 Å². The van der Waals surface area contributed by atoms with Crippen molar-refractivity contribution in [3.8, 4) is 0 Å². The van der Waals surface area contributed by atoms with Gasteiger partial charge < -0.3 is 10.2 Å². The fraction of sp³-hybridized carbons (Fsp3) is 0.318. The Bertz CT molecular complexity index is 910. The molecule has 1 aliphatic carbocycles. The molecule has 1 aromatic rings. The van der Waals surface area contributed by atoms with Crippen LogP contribution in [0, 0.1) is 0 Å². The first-order valence-corrected chi connectivity index (χ1v) is 10.1. The van der Waals surface area contributed by atoms with E-state index in [-0.39, 0.29) is 0 Å². The summed E-state index contributed by atoms with van der Waals surface area (Å²) in [7, 11) is 0. The van der Waals surface area contributed by atoms with E-state index < -0.39 is 0 Å². The van der Waals surface area contributed by atoms with Crippen molar-refractivity contribution in [2.75, 3.05) is 26.2 Å². The number of hydrogen-bond acceptors (Lipinski definition) is 4. The van der Waals surface area contributed by atoms with Crippen LogP contribution in [-0.4, -0.2) is 41.8 Å². The molecule has 2 fully saturated rings. The maximum Gasteiger partial charge on any atom is 0.137 e. The van der Waals surface area contributed by atoms with Crippen molar-refractivity contribution >= 4 is 23.1 Å². The SMILES string of the molecule is Clc1cccc(C2=CC(=C3CCC3)N3C=C(N4CCNCC4)C=CC3=N2)c1. The van der Waals surface area contributed by atoms with Crippen LogP contribution in [0.5, 0.6) is 0 Å². The van der Waals surface area contributed by atoms with Gasteiger partial charge in [-0.3, -0.25) is 4.90 Å². The van der Waals surface area contributed by atoms with E-state index in [2.05, 4.69) is 45.6 Å². The molecule has 0 unspecified atom stereocenters. The fourth-order valence-corrected chi connectivity index (χ4v) is 4.10. The number of allylic oxidation sites excluding steroid dienone is 3. The number of nitrogens with one attached hydrogen (secondary N) is 1. The van der Waals surface area contributed by atoms with Gasteiger partial charge in [0.05, 0.1) is 11.4 Å². The van der Waals surface area contributed by atoms with Gasteiger partial charge in [-0.05, 0) is 55.2 Å². The van der Waals surface area contributed by atoms with E-state index in [1.807, 2.05) is 18.2 Å². The van der Waals surface area contributed by atoms with Crippen LogP contribution >= 0.6 is 11.6 Å². The Morgan fingerprint density at radius 2 is 1.93 bits per heavy atom. The number of amidine groups is 1. The van der Waals surface area contributed by atoms with E-state index in [0.29, 0.717) is 0 Å². The molecule has 1 aromatic carbocycles. The highest BCUT2D eigenvalue weighted by atomic mass is 35.5. The summed E-state index contributed by atoms with van der Waals surface area (Å²) >= 11 is 6.21. The van der Waals surface area contributed by atoms with E-state index >= 15 is 0 Å². The Labute approximate surface area is 165 Å². The molecule has 4 nitrogen and oxygen atoms in total. The summed E-state index contributed by atoms with van der Waals surface area (Å²) in [6.45, 7) is 4.18. The Morgan fingerprint density at radius 1 is 1.07 bits per heavy atom. The molecular weight excluding hydrogens is 356 g/mol. The first-order chi connectivity index (χ1) is 13.3. The van der Waals surface area contributed by atoms with Gasteiger partial charge >= 0.3 is 0 Å². The van der Waals surface area contributed by atoms with Gasteiger partial charge in [0.2, 0.25) is 0 Å². The third kappa shape index (κ3) is 3.24. The molecule has 0 aromatic heterocycles. The predicted molar refractivity (Wildman–Crippen MR) is 111 cm³/mol. The standard InChI is InChI=1S/C22H23ClN4/c23-18-6-2-5-17(13-18)20-14-21(16-3-1-4-16)27-15-19(7-8-22(27)25-20)26-11-9-24-10-12-26/h2,5-8,13-15,24H,1,3-4,9-12H2. The first-order valence-electron chi connectivity index (χ1n) is 9.71. The van der Waals surface area contributed by atoms with Crippen LogP contribution in [-0.2, 0) is 0 Å². The van der Waals surface area contributed by atoms with Crippen molar-refractivity contribution < 1.29 is 0 Å². The zero-order valence-corrected chi connectivity index (χ0v) is 16.0. The van der Waals surface area contributed by atoms with Crippen LogP contribution in [0.25, 0.3) is 5.70 Å². The van der Waals surface area contributed by atoms with Gasteiger partial charge in [0.25, 0.3) is 0 Å². The average molecular weight is 379 g/mol. The highest BCUT2D eigenvalue weighted by molar-refractivity contribution is 6.30. The van der Waals surface area contributed by atoms with E-state index in [9.17, 15) is 0 Å². The minimum atomic E-state index is 0.744. The van der Waals surface area contributed by atoms with Crippen molar-refractivity contribution in [3.63, 3.8) is 0 Å². The van der Waals surface area contributed by atoms with Crippen LogP contribution in [0.15, 0.2) is 70.7 Å². The molecule has 1 N–H and O–H groups in total. The van der Waals surface area contributed by atoms with E-state index in [1.54, 1.807) is 0 Å². The normalized spacial score (nSPS) is 22.0. The number of benzene rings is 1. The fourth-order valence-electron chi connectivity index (χ4n) is 3.91. The number of aliphatic imine (C=N–C) groups is 1. The molecule has 4 aliphatic rings. The number of nitrogens with zero attached hydrogens (tertiary/aromatic N) is 3. The Kier molecular flexibility index (Phi) is 4.38. The maximum atomic E-state index is 6.21. The highest BCUT2D eigenvalue weighted by Crippen LogP contribution is 2.37. The Hall–Kier alpha value is -2.30. The summed E-state index contributed by atoms with van der Waals surface area (Å²) in [6.07, 6.45) is 12.5. The number of fused-ring (bicyclic) bond motifs is 1. The minimum absolute atomic E-state index is 0.744. The maximum absolute atomic E-state index is 6.21. The number of halogens is 1. The topological polar surface area (TPSA) is 30.9 Å². The summed E-state index contributed by atoms with van der Waals surface area (Å²) in [5.74, 6) is 0.987. The molecule has 5 rings (SSSR count). The summed E-state index contributed by atoms with van der Waals surface area (Å²) in [4.78, 5) is 9.66. The molecule has 0 spiro atoms. The Morgan fingerprint density at radius 3 is 2.67 bits per heavy atom. The summed E-state index contributed by atoms with van der Waals surface area (Å²) < 4.78 is 0. The van der Waals surface area contributed by atoms with Gasteiger partial charge in [0, 0.05) is 48.7 Å². The van der Waals surface area contributed by atoms with E-state index in [0.717, 1.165) is 48.3 Å². The molecule has 0 radical (unpaired) electrons. The van der Waals surface area contributed by atoms with Crippen molar-refractivity contribution in [2.24, 2.45) is 4.99 Å². The Balaban J connectivity index is 1.53. The zero-order valence-electron chi connectivity index (χ0n) is 15.3. The molecule has 3 aliphatic heterocycles. The molecule has 1 saturated carbocycles. The predicted octanol–water partition coefficient (Wildman–Crippen LogP) is 4.15. The van der Waals surface area contributed by atoms with Crippen molar-refractivity contribution in [1.82, 2.24) is 15.1 Å². The number of hydrogen-bond donors (Lipinski definition) is 1. The smallest absolute Gasteiger partial charge is 0.137 e. The highest BCUT2D eigenvalue weighted by Gasteiger charge is 2.27. The monoisotopic (exact) mass is 378 g/mol. The molecule has 1 saturated heterocycles. The van der Waals surface area contributed by atoms with Crippen LogP contribution in [0.1, 0.15) is 24.8 Å².